The van der Waals surface area contributed by atoms with Gasteiger partial charge in [-0.2, -0.15) is 0 Å². The summed E-state index contributed by atoms with van der Waals surface area (Å²) in [5.41, 5.74) is 1.49. The lowest BCUT2D eigenvalue weighted by atomic mass is 10.1. The van der Waals surface area contributed by atoms with Gasteiger partial charge in [0.2, 0.25) is 0 Å². The van der Waals surface area contributed by atoms with Gasteiger partial charge in [-0.25, -0.2) is 0 Å². The maximum atomic E-state index is 12.8. The van der Waals surface area contributed by atoms with Crippen molar-refractivity contribution < 1.29 is 14.3 Å². The summed E-state index contributed by atoms with van der Waals surface area (Å²) in [6, 6.07) is 14.8. The van der Waals surface area contributed by atoms with E-state index in [9.17, 15) is 4.79 Å². The molecule has 0 amide bonds. The number of hydrogen-bond donors (Lipinski definition) is 0. The van der Waals surface area contributed by atoms with Crippen molar-refractivity contribution in [1.82, 2.24) is 14.8 Å². The van der Waals surface area contributed by atoms with Crippen molar-refractivity contribution in [2.75, 3.05) is 19.5 Å². The number of nitrogens with zero attached hydrogens (tertiary/aromatic N) is 3. The lowest BCUT2D eigenvalue weighted by molar-refractivity contribution is 0.0953. The van der Waals surface area contributed by atoms with Gasteiger partial charge in [0, 0.05) is 17.2 Å². The van der Waals surface area contributed by atoms with Crippen LogP contribution in [0.5, 0.6) is 5.75 Å². The van der Waals surface area contributed by atoms with Gasteiger partial charge in [-0.05, 0) is 49.2 Å². The van der Waals surface area contributed by atoms with Crippen LogP contribution in [0.4, 0.5) is 0 Å². The summed E-state index contributed by atoms with van der Waals surface area (Å²) >= 11 is 7.41. The highest BCUT2D eigenvalue weighted by molar-refractivity contribution is 7.99. The van der Waals surface area contributed by atoms with Crippen LogP contribution in [0.1, 0.15) is 23.2 Å². The summed E-state index contributed by atoms with van der Waals surface area (Å²) in [7, 11) is 1.57. The maximum Gasteiger partial charge on any atom is 0.192 e. The lowest BCUT2D eigenvalue weighted by Gasteiger charge is -2.15. The Morgan fingerprint density at radius 3 is 2.77 bits per heavy atom. The molecule has 0 N–H and O–H groups in total. The van der Waals surface area contributed by atoms with Gasteiger partial charge in [-0.1, -0.05) is 35.5 Å². The minimum Gasteiger partial charge on any atom is -0.496 e. The molecule has 0 radical (unpaired) electrons. The van der Waals surface area contributed by atoms with Crippen LogP contribution in [0.3, 0.4) is 0 Å². The topological polar surface area (TPSA) is 66.2 Å². The van der Waals surface area contributed by atoms with Crippen LogP contribution in [-0.2, 0) is 11.3 Å². The van der Waals surface area contributed by atoms with E-state index in [0.29, 0.717) is 28.0 Å². The van der Waals surface area contributed by atoms with E-state index in [2.05, 4.69) is 10.2 Å². The molecule has 1 unspecified atom stereocenters. The van der Waals surface area contributed by atoms with E-state index in [1.165, 1.54) is 11.8 Å². The van der Waals surface area contributed by atoms with E-state index >= 15 is 0 Å². The summed E-state index contributed by atoms with van der Waals surface area (Å²) in [5, 5.41) is 10.1. The number of methoxy groups -OCH3 is 1. The molecular weight excluding hydrogens is 422 g/mol. The Balaban J connectivity index is 1.57. The van der Waals surface area contributed by atoms with Crippen molar-refractivity contribution in [3.05, 3.63) is 59.1 Å². The molecule has 4 rings (SSSR count). The minimum absolute atomic E-state index is 0.0165. The highest BCUT2D eigenvalue weighted by atomic mass is 35.5. The summed E-state index contributed by atoms with van der Waals surface area (Å²) in [6.45, 7) is 1.42. The zero-order valence-corrected chi connectivity index (χ0v) is 18.2. The number of hydrogen-bond acceptors (Lipinski definition) is 6. The Labute approximate surface area is 184 Å². The van der Waals surface area contributed by atoms with Crippen LogP contribution >= 0.6 is 23.4 Å². The molecule has 1 aromatic heterocycles. The third-order valence-electron chi connectivity index (χ3n) is 4.97. The molecule has 1 aliphatic heterocycles. The second-order valence-electron chi connectivity index (χ2n) is 6.97. The molecule has 1 atom stereocenters. The van der Waals surface area contributed by atoms with Gasteiger partial charge in [-0.15, -0.1) is 10.2 Å². The molecule has 0 bridgehead atoms. The van der Waals surface area contributed by atoms with Crippen LogP contribution in [0.2, 0.25) is 5.02 Å². The van der Waals surface area contributed by atoms with Gasteiger partial charge in [0.25, 0.3) is 0 Å². The third-order valence-corrected chi connectivity index (χ3v) is 6.19. The molecule has 1 saturated heterocycles. The van der Waals surface area contributed by atoms with Gasteiger partial charge in [0.05, 0.1) is 31.1 Å². The first-order valence-corrected chi connectivity index (χ1v) is 11.1. The van der Waals surface area contributed by atoms with Crippen molar-refractivity contribution in [1.29, 1.82) is 0 Å². The van der Waals surface area contributed by atoms with Crippen molar-refractivity contribution >= 4 is 29.1 Å². The number of rotatable bonds is 8. The molecular formula is C22H22ClN3O3S. The van der Waals surface area contributed by atoms with Crippen LogP contribution in [0.25, 0.3) is 11.4 Å². The first-order valence-electron chi connectivity index (χ1n) is 9.75. The normalized spacial score (nSPS) is 16.0. The molecule has 1 aliphatic rings. The molecule has 0 spiro atoms. The number of ketones is 1. The highest BCUT2D eigenvalue weighted by Crippen LogP contribution is 2.28. The van der Waals surface area contributed by atoms with E-state index in [4.69, 9.17) is 21.1 Å². The fourth-order valence-corrected chi connectivity index (χ4v) is 4.40. The van der Waals surface area contributed by atoms with Crippen LogP contribution < -0.4 is 4.74 Å². The Hall–Kier alpha value is -2.35. The first-order chi connectivity index (χ1) is 14.7. The van der Waals surface area contributed by atoms with Crippen molar-refractivity contribution in [2.45, 2.75) is 30.6 Å². The van der Waals surface area contributed by atoms with Crippen molar-refractivity contribution in [2.24, 2.45) is 0 Å². The van der Waals surface area contributed by atoms with Crippen LogP contribution in [0.15, 0.2) is 53.7 Å². The zero-order valence-electron chi connectivity index (χ0n) is 16.6. The molecule has 1 fully saturated rings. The number of ether oxygens (including phenoxy) is 2. The van der Waals surface area contributed by atoms with Gasteiger partial charge in [0.1, 0.15) is 5.75 Å². The molecule has 0 saturated carbocycles. The number of carbonyl (C=O) groups is 1. The average Bonchev–Trinajstić information content (AvgIpc) is 3.43. The molecule has 156 valence electrons. The Morgan fingerprint density at radius 2 is 2.03 bits per heavy atom. The number of benzene rings is 2. The minimum atomic E-state index is -0.0165. The van der Waals surface area contributed by atoms with Crippen molar-refractivity contribution in [3.63, 3.8) is 0 Å². The zero-order chi connectivity index (χ0) is 20.9. The van der Waals surface area contributed by atoms with Crippen LogP contribution in [-0.4, -0.2) is 46.1 Å². The quantitative estimate of drug-likeness (QED) is 0.369. The predicted octanol–water partition coefficient (Wildman–Crippen LogP) is 4.76. The second-order valence-corrected chi connectivity index (χ2v) is 8.35. The van der Waals surface area contributed by atoms with Gasteiger partial charge >= 0.3 is 0 Å². The number of thioether (sulfide) groups is 1. The number of para-hydroxylation sites is 1. The van der Waals surface area contributed by atoms with E-state index in [1.54, 1.807) is 19.2 Å². The molecule has 6 nitrogen and oxygen atoms in total. The van der Waals surface area contributed by atoms with E-state index in [1.807, 2.05) is 41.0 Å². The Morgan fingerprint density at radius 1 is 1.23 bits per heavy atom. The van der Waals surface area contributed by atoms with E-state index < -0.39 is 0 Å². The summed E-state index contributed by atoms with van der Waals surface area (Å²) in [4.78, 5) is 12.8. The van der Waals surface area contributed by atoms with Gasteiger partial charge < -0.3 is 9.47 Å². The Bertz CT molecular complexity index is 1020. The van der Waals surface area contributed by atoms with Crippen molar-refractivity contribution in [3.8, 4) is 17.1 Å². The fraction of sp³-hybridized carbons (Fsp3) is 0.318. The molecule has 0 aliphatic carbocycles. The standard InChI is InChI=1S/C22H22ClN3O3S/c1-28-20-7-3-2-6-18(20)19(27)14-30-22-25-24-21(15-8-10-16(23)11-9-15)26(22)13-17-5-4-12-29-17/h2-3,6-11,17H,4-5,12-14H2,1H3. The Kier molecular flexibility index (Phi) is 6.72. The molecule has 30 heavy (non-hydrogen) atoms. The molecule has 3 aromatic rings. The third kappa shape index (κ3) is 4.69. The molecule has 8 heteroatoms. The number of Topliss-reactive ketones (excluding diaryl/α,β-unsaturated/α-hetero) is 1. The maximum absolute atomic E-state index is 12.8. The number of carbonyl (C=O) groups excluding carboxylic acids is 1. The second kappa shape index (κ2) is 9.64. The summed E-state index contributed by atoms with van der Waals surface area (Å²) in [6.07, 6.45) is 2.18. The summed E-state index contributed by atoms with van der Waals surface area (Å²) in [5.74, 6) is 1.54. The lowest BCUT2D eigenvalue weighted by Crippen LogP contribution is -2.17. The number of aromatic nitrogens is 3. The van der Waals surface area contributed by atoms with E-state index in [-0.39, 0.29) is 17.6 Å². The smallest absolute Gasteiger partial charge is 0.192 e. The average molecular weight is 444 g/mol. The SMILES string of the molecule is COc1ccccc1C(=O)CSc1nnc(-c2ccc(Cl)cc2)n1CC1CCCO1. The fourth-order valence-electron chi connectivity index (χ4n) is 3.45. The van der Waals surface area contributed by atoms with Gasteiger partial charge in [0.15, 0.2) is 16.8 Å². The summed E-state index contributed by atoms with van der Waals surface area (Å²) < 4.78 is 13.2. The monoisotopic (exact) mass is 443 g/mol. The predicted molar refractivity (Wildman–Crippen MR) is 117 cm³/mol. The molecule has 2 aromatic carbocycles. The molecule has 2 heterocycles. The first kappa shape index (κ1) is 20.9. The number of halogens is 1. The van der Waals surface area contributed by atoms with Gasteiger partial charge in [-0.3, -0.25) is 9.36 Å². The largest absolute Gasteiger partial charge is 0.496 e. The van der Waals surface area contributed by atoms with E-state index in [0.717, 1.165) is 30.8 Å². The highest BCUT2D eigenvalue weighted by Gasteiger charge is 2.23. The van der Waals surface area contributed by atoms with Crippen LogP contribution in [0, 0.1) is 0 Å².